The van der Waals surface area contributed by atoms with Crippen LogP contribution in [0.5, 0.6) is 11.5 Å². The minimum atomic E-state index is -0.812. The average Bonchev–Trinajstić information content (AvgIpc) is 2.33. The Morgan fingerprint density at radius 1 is 1.06 bits per heavy atom. The monoisotopic (exact) mass is 248 g/mol. The van der Waals surface area contributed by atoms with Crippen molar-refractivity contribution >= 4 is 5.84 Å². The summed E-state index contributed by atoms with van der Waals surface area (Å²) in [7, 11) is 0. The fourth-order valence-electron chi connectivity index (χ4n) is 1.45. The number of nitrogens with one attached hydrogen (secondary N) is 1. The van der Waals surface area contributed by atoms with Crippen molar-refractivity contribution < 1.29 is 13.5 Å². The maximum absolute atomic E-state index is 13.4. The topological polar surface area (TPSA) is 59.1 Å². The Bertz CT molecular complexity index is 599. The molecule has 0 aliphatic carbocycles. The van der Waals surface area contributed by atoms with Crippen LogP contribution in [0.25, 0.3) is 0 Å². The van der Waals surface area contributed by atoms with Crippen LogP contribution in [0.1, 0.15) is 5.56 Å². The summed E-state index contributed by atoms with van der Waals surface area (Å²) in [5, 5.41) is 7.37. The quantitative estimate of drug-likeness (QED) is 0.647. The predicted octanol–water partition coefficient (Wildman–Crippen LogP) is 3.04. The number of amidine groups is 1. The fraction of sp³-hybridized carbons (Fsp3) is 0. The summed E-state index contributed by atoms with van der Waals surface area (Å²) in [5.74, 6) is -1.55. The third-order valence-electron chi connectivity index (χ3n) is 2.29. The van der Waals surface area contributed by atoms with Gasteiger partial charge in [-0.1, -0.05) is 12.1 Å². The van der Waals surface area contributed by atoms with Crippen molar-refractivity contribution in [2.75, 3.05) is 0 Å². The van der Waals surface area contributed by atoms with Gasteiger partial charge in [-0.25, -0.2) is 8.78 Å². The zero-order valence-electron chi connectivity index (χ0n) is 9.28. The Balaban J connectivity index is 2.37. The van der Waals surface area contributed by atoms with Crippen LogP contribution >= 0.6 is 0 Å². The molecule has 0 saturated heterocycles. The molecule has 0 atom stereocenters. The average molecular weight is 248 g/mol. The van der Waals surface area contributed by atoms with Gasteiger partial charge >= 0.3 is 0 Å². The van der Waals surface area contributed by atoms with Crippen molar-refractivity contribution in [3.05, 3.63) is 59.7 Å². The zero-order valence-corrected chi connectivity index (χ0v) is 9.28. The van der Waals surface area contributed by atoms with Gasteiger partial charge in [0.1, 0.15) is 17.4 Å². The summed E-state index contributed by atoms with van der Waals surface area (Å²) >= 11 is 0. The first kappa shape index (κ1) is 12.0. The predicted molar refractivity (Wildman–Crippen MR) is 63.9 cm³/mol. The van der Waals surface area contributed by atoms with Gasteiger partial charge in [0, 0.05) is 6.07 Å². The molecule has 3 nitrogen and oxygen atoms in total. The smallest absolute Gasteiger partial charge is 0.168 e. The van der Waals surface area contributed by atoms with Gasteiger partial charge in [-0.15, -0.1) is 0 Å². The summed E-state index contributed by atoms with van der Waals surface area (Å²) < 4.78 is 31.5. The number of hydrogen-bond acceptors (Lipinski definition) is 2. The van der Waals surface area contributed by atoms with Crippen molar-refractivity contribution in [2.24, 2.45) is 5.73 Å². The summed E-state index contributed by atoms with van der Waals surface area (Å²) in [6, 6.07) is 9.49. The minimum Gasteiger partial charge on any atom is -0.454 e. The van der Waals surface area contributed by atoms with E-state index in [0.717, 1.165) is 12.1 Å². The zero-order chi connectivity index (χ0) is 13.1. The lowest BCUT2D eigenvalue weighted by Crippen LogP contribution is -2.12. The van der Waals surface area contributed by atoms with Gasteiger partial charge in [0.25, 0.3) is 0 Å². The standard InChI is InChI=1S/C13H10F2N2O/c14-8-5-6-12(10(15)7-8)18-11-4-2-1-3-9(11)13(16)17/h1-7H,(H3,16,17). The van der Waals surface area contributed by atoms with Gasteiger partial charge in [0.15, 0.2) is 11.6 Å². The second-order valence-corrected chi connectivity index (χ2v) is 3.59. The first-order chi connectivity index (χ1) is 8.58. The van der Waals surface area contributed by atoms with Gasteiger partial charge in [0.05, 0.1) is 5.56 Å². The Labute approximate surface area is 102 Å². The lowest BCUT2D eigenvalue weighted by molar-refractivity contribution is 0.437. The highest BCUT2D eigenvalue weighted by Gasteiger charge is 2.10. The number of para-hydroxylation sites is 1. The van der Waals surface area contributed by atoms with Gasteiger partial charge in [-0.3, -0.25) is 5.41 Å². The molecule has 0 heterocycles. The molecule has 0 bridgehead atoms. The lowest BCUT2D eigenvalue weighted by Gasteiger charge is -2.10. The van der Waals surface area contributed by atoms with Crippen LogP contribution in [-0.4, -0.2) is 5.84 Å². The van der Waals surface area contributed by atoms with Crippen LogP contribution in [0.2, 0.25) is 0 Å². The third kappa shape index (κ3) is 2.45. The fourth-order valence-corrected chi connectivity index (χ4v) is 1.45. The van der Waals surface area contributed by atoms with E-state index in [-0.39, 0.29) is 17.3 Å². The molecule has 0 aliphatic heterocycles. The summed E-state index contributed by atoms with van der Waals surface area (Å²) in [5.41, 5.74) is 5.73. The number of halogens is 2. The molecule has 2 aromatic rings. The molecule has 92 valence electrons. The maximum atomic E-state index is 13.4. The van der Waals surface area contributed by atoms with E-state index < -0.39 is 11.6 Å². The Morgan fingerprint density at radius 2 is 1.78 bits per heavy atom. The van der Waals surface area contributed by atoms with E-state index in [0.29, 0.717) is 5.56 Å². The number of nitrogens with two attached hydrogens (primary N) is 1. The van der Waals surface area contributed by atoms with Crippen LogP contribution in [0, 0.1) is 17.0 Å². The van der Waals surface area contributed by atoms with Crippen molar-refractivity contribution in [3.8, 4) is 11.5 Å². The lowest BCUT2D eigenvalue weighted by atomic mass is 10.2. The second kappa shape index (κ2) is 4.83. The van der Waals surface area contributed by atoms with Gasteiger partial charge in [-0.2, -0.15) is 0 Å². The normalized spacial score (nSPS) is 10.1. The molecule has 3 N–H and O–H groups in total. The summed E-state index contributed by atoms with van der Waals surface area (Å²) in [6.07, 6.45) is 0. The Kier molecular flexibility index (Phi) is 3.23. The number of ether oxygens (including phenoxy) is 1. The van der Waals surface area contributed by atoms with Crippen LogP contribution < -0.4 is 10.5 Å². The van der Waals surface area contributed by atoms with Crippen molar-refractivity contribution in [3.63, 3.8) is 0 Å². The second-order valence-electron chi connectivity index (χ2n) is 3.59. The van der Waals surface area contributed by atoms with E-state index in [1.54, 1.807) is 24.3 Å². The molecular formula is C13H10F2N2O. The summed E-state index contributed by atoms with van der Waals surface area (Å²) in [4.78, 5) is 0. The molecule has 2 aromatic carbocycles. The van der Waals surface area contributed by atoms with E-state index in [2.05, 4.69) is 0 Å². The molecule has 18 heavy (non-hydrogen) atoms. The third-order valence-corrected chi connectivity index (χ3v) is 2.29. The van der Waals surface area contributed by atoms with Crippen molar-refractivity contribution in [1.82, 2.24) is 0 Å². The highest BCUT2D eigenvalue weighted by molar-refractivity contribution is 5.97. The van der Waals surface area contributed by atoms with Crippen LogP contribution in [0.3, 0.4) is 0 Å². The van der Waals surface area contributed by atoms with E-state index in [1.165, 1.54) is 6.07 Å². The van der Waals surface area contributed by atoms with E-state index in [9.17, 15) is 8.78 Å². The first-order valence-corrected chi connectivity index (χ1v) is 5.14. The molecule has 2 rings (SSSR count). The molecule has 0 amide bonds. The molecule has 0 unspecified atom stereocenters. The van der Waals surface area contributed by atoms with Crippen LogP contribution in [0.4, 0.5) is 8.78 Å². The SMILES string of the molecule is N=C(N)c1ccccc1Oc1ccc(F)cc1F. The Morgan fingerprint density at radius 3 is 2.44 bits per heavy atom. The molecule has 0 spiro atoms. The molecule has 0 aromatic heterocycles. The van der Waals surface area contributed by atoms with Gasteiger partial charge < -0.3 is 10.5 Å². The highest BCUT2D eigenvalue weighted by Crippen LogP contribution is 2.27. The van der Waals surface area contributed by atoms with Crippen molar-refractivity contribution in [1.29, 1.82) is 5.41 Å². The van der Waals surface area contributed by atoms with E-state index >= 15 is 0 Å². The van der Waals surface area contributed by atoms with E-state index in [4.69, 9.17) is 15.9 Å². The molecule has 0 fully saturated rings. The Hall–Kier alpha value is -2.43. The molecule has 5 heteroatoms. The van der Waals surface area contributed by atoms with Crippen LogP contribution in [0.15, 0.2) is 42.5 Å². The molecular weight excluding hydrogens is 238 g/mol. The van der Waals surface area contributed by atoms with Gasteiger partial charge in [0.2, 0.25) is 0 Å². The maximum Gasteiger partial charge on any atom is 0.168 e. The number of benzene rings is 2. The first-order valence-electron chi connectivity index (χ1n) is 5.14. The number of nitrogen functional groups attached to an aromatic ring is 1. The van der Waals surface area contributed by atoms with Gasteiger partial charge in [-0.05, 0) is 24.3 Å². The number of hydrogen-bond donors (Lipinski definition) is 2. The van der Waals surface area contributed by atoms with Crippen molar-refractivity contribution in [2.45, 2.75) is 0 Å². The largest absolute Gasteiger partial charge is 0.454 e. The summed E-state index contributed by atoms with van der Waals surface area (Å²) in [6.45, 7) is 0. The minimum absolute atomic E-state index is 0.120. The molecule has 0 saturated carbocycles. The molecule has 0 aliphatic rings. The number of rotatable bonds is 3. The van der Waals surface area contributed by atoms with Crippen LogP contribution in [-0.2, 0) is 0 Å². The van der Waals surface area contributed by atoms with E-state index in [1.807, 2.05) is 0 Å². The highest BCUT2D eigenvalue weighted by atomic mass is 19.1. The molecule has 0 radical (unpaired) electrons.